The average Bonchev–Trinajstić information content (AvgIpc) is 3.26. The van der Waals surface area contributed by atoms with Gasteiger partial charge >= 0.3 is 0 Å². The molecule has 2 atom stereocenters. The van der Waals surface area contributed by atoms with Crippen LogP contribution < -0.4 is 10.2 Å². The third-order valence-corrected chi connectivity index (χ3v) is 5.44. The minimum Gasteiger partial charge on any atom is -0.396 e. The van der Waals surface area contributed by atoms with Crippen LogP contribution in [0.2, 0.25) is 0 Å². The topological polar surface area (TPSA) is 68.2 Å². The third-order valence-electron chi connectivity index (χ3n) is 5.44. The highest BCUT2D eigenvalue weighted by atomic mass is 16.3. The van der Waals surface area contributed by atoms with Crippen molar-refractivity contribution in [3.8, 4) is 0 Å². The summed E-state index contributed by atoms with van der Waals surface area (Å²) in [5.41, 5.74) is 2.54. The normalized spacial score (nSPS) is 20.9. The molecule has 0 spiro atoms. The second kappa shape index (κ2) is 9.22. The van der Waals surface area contributed by atoms with Gasteiger partial charge in [0.2, 0.25) is 5.91 Å². The number of amides is 1. The number of guanidine groups is 1. The van der Waals surface area contributed by atoms with E-state index in [1.54, 1.807) is 0 Å². The second-order valence-electron chi connectivity index (χ2n) is 7.62. The largest absolute Gasteiger partial charge is 0.396 e. The van der Waals surface area contributed by atoms with E-state index in [1.807, 2.05) is 11.8 Å². The Bertz CT molecular complexity index is 676. The monoisotopic (exact) mass is 372 g/mol. The van der Waals surface area contributed by atoms with Crippen LogP contribution in [0.15, 0.2) is 29.3 Å². The van der Waals surface area contributed by atoms with Crippen molar-refractivity contribution < 1.29 is 9.90 Å². The minimum atomic E-state index is 0.145. The summed E-state index contributed by atoms with van der Waals surface area (Å²) in [6, 6.07) is 8.51. The molecule has 1 aromatic carbocycles. The fourth-order valence-corrected chi connectivity index (χ4v) is 3.89. The zero-order valence-corrected chi connectivity index (χ0v) is 16.5. The van der Waals surface area contributed by atoms with Gasteiger partial charge in [-0.15, -0.1) is 0 Å². The number of benzene rings is 1. The summed E-state index contributed by atoms with van der Waals surface area (Å²) < 4.78 is 0. The molecule has 6 nitrogen and oxygen atoms in total. The fraction of sp³-hybridized carbons (Fsp3) is 0.619. The highest BCUT2D eigenvalue weighted by Crippen LogP contribution is 2.38. The predicted molar refractivity (Wildman–Crippen MR) is 109 cm³/mol. The van der Waals surface area contributed by atoms with Crippen LogP contribution in [-0.2, 0) is 4.79 Å². The van der Waals surface area contributed by atoms with E-state index in [4.69, 9.17) is 4.99 Å². The molecule has 0 aromatic heterocycles. The van der Waals surface area contributed by atoms with Crippen LogP contribution in [0.4, 0.5) is 5.69 Å². The summed E-state index contributed by atoms with van der Waals surface area (Å²) in [6.07, 6.45) is 2.67. The van der Waals surface area contributed by atoms with Crippen molar-refractivity contribution in [1.29, 1.82) is 0 Å². The Morgan fingerprint density at radius 2 is 2.22 bits per heavy atom. The number of nitrogens with one attached hydrogen (secondary N) is 1. The summed E-state index contributed by atoms with van der Waals surface area (Å²) >= 11 is 0. The molecule has 0 bridgehead atoms. The number of anilines is 1. The summed E-state index contributed by atoms with van der Waals surface area (Å²) in [4.78, 5) is 21.0. The molecule has 0 saturated carbocycles. The van der Waals surface area contributed by atoms with E-state index in [1.165, 1.54) is 11.3 Å². The fourth-order valence-electron chi connectivity index (χ4n) is 3.89. The van der Waals surface area contributed by atoms with Gasteiger partial charge in [0.15, 0.2) is 5.96 Å². The van der Waals surface area contributed by atoms with Crippen LogP contribution in [0.25, 0.3) is 0 Å². The molecule has 1 fully saturated rings. The molecule has 2 aliphatic rings. The van der Waals surface area contributed by atoms with Gasteiger partial charge in [-0.25, -0.2) is 0 Å². The number of fused-ring (bicyclic) bond motifs is 1. The van der Waals surface area contributed by atoms with Gasteiger partial charge in [-0.05, 0) is 37.3 Å². The molecule has 2 N–H and O–H groups in total. The first kappa shape index (κ1) is 19.7. The smallest absolute Gasteiger partial charge is 0.222 e. The lowest BCUT2D eigenvalue weighted by Crippen LogP contribution is -2.41. The zero-order valence-electron chi connectivity index (χ0n) is 16.5. The number of aliphatic hydroxyl groups is 1. The number of likely N-dealkylation sites (tertiary alicyclic amines) is 1. The van der Waals surface area contributed by atoms with Crippen molar-refractivity contribution in [2.24, 2.45) is 10.9 Å². The number of carbonyl (C=O) groups excluding carboxylic acids is 1. The molecule has 1 amide bonds. The van der Waals surface area contributed by atoms with Crippen LogP contribution in [0.5, 0.6) is 0 Å². The van der Waals surface area contributed by atoms with E-state index >= 15 is 0 Å². The first-order chi connectivity index (χ1) is 13.1. The standard InChI is InChI=1S/C21H32N4O2/c1-3-22-21(23-13-16(2)15-26)25-14-17(18-7-4-5-8-19(18)25)10-12-24-11-6-9-20(24)27/h4-5,7-8,16-17,26H,3,6,9-15H2,1-2H3,(H,22,23). The van der Waals surface area contributed by atoms with Crippen LogP contribution in [0.1, 0.15) is 44.6 Å². The van der Waals surface area contributed by atoms with Crippen molar-refractivity contribution in [3.05, 3.63) is 29.8 Å². The number of aliphatic imine (C=N–C) groups is 1. The van der Waals surface area contributed by atoms with Crippen LogP contribution in [0, 0.1) is 5.92 Å². The molecule has 2 heterocycles. The highest BCUT2D eigenvalue weighted by molar-refractivity contribution is 5.98. The molecule has 3 rings (SSSR count). The summed E-state index contributed by atoms with van der Waals surface area (Å²) in [6.45, 7) is 8.24. The summed E-state index contributed by atoms with van der Waals surface area (Å²) in [5.74, 6) is 1.72. The van der Waals surface area contributed by atoms with Crippen molar-refractivity contribution in [1.82, 2.24) is 10.2 Å². The zero-order chi connectivity index (χ0) is 19.2. The van der Waals surface area contributed by atoms with Gasteiger partial charge in [-0.3, -0.25) is 9.79 Å². The lowest BCUT2D eigenvalue weighted by atomic mass is 9.98. The van der Waals surface area contributed by atoms with Gasteiger partial charge in [-0.2, -0.15) is 0 Å². The minimum absolute atomic E-state index is 0.145. The number of carbonyl (C=O) groups is 1. The first-order valence-electron chi connectivity index (χ1n) is 10.2. The molecule has 1 saturated heterocycles. The number of nitrogens with zero attached hydrogens (tertiary/aromatic N) is 3. The molecule has 27 heavy (non-hydrogen) atoms. The van der Waals surface area contributed by atoms with Gasteiger partial charge in [0.1, 0.15) is 0 Å². The Kier molecular flexibility index (Phi) is 6.72. The number of hydrogen-bond acceptors (Lipinski definition) is 3. The molecule has 0 aliphatic carbocycles. The second-order valence-corrected chi connectivity index (χ2v) is 7.62. The van der Waals surface area contributed by atoms with Crippen molar-refractivity contribution in [3.63, 3.8) is 0 Å². The number of hydrogen-bond donors (Lipinski definition) is 2. The Balaban J connectivity index is 1.75. The Hall–Kier alpha value is -2.08. The van der Waals surface area contributed by atoms with Crippen LogP contribution in [-0.4, -0.2) is 61.2 Å². The number of rotatable bonds is 7. The molecule has 148 valence electrons. The van der Waals surface area contributed by atoms with Crippen molar-refractivity contribution >= 4 is 17.6 Å². The lowest BCUT2D eigenvalue weighted by molar-refractivity contribution is -0.127. The van der Waals surface area contributed by atoms with Gasteiger partial charge < -0.3 is 20.2 Å². The molecule has 1 aromatic rings. The maximum Gasteiger partial charge on any atom is 0.222 e. The third kappa shape index (κ3) is 4.61. The van der Waals surface area contributed by atoms with E-state index in [0.717, 1.165) is 45.0 Å². The highest BCUT2D eigenvalue weighted by Gasteiger charge is 2.32. The van der Waals surface area contributed by atoms with Crippen molar-refractivity contribution in [2.75, 3.05) is 44.2 Å². The molecular formula is C21H32N4O2. The van der Waals surface area contributed by atoms with E-state index in [0.29, 0.717) is 24.8 Å². The van der Waals surface area contributed by atoms with Gasteiger partial charge in [0.25, 0.3) is 0 Å². The van der Waals surface area contributed by atoms with Gasteiger partial charge in [0, 0.05) is 57.4 Å². The lowest BCUT2D eigenvalue weighted by Gasteiger charge is -2.24. The Labute approximate surface area is 162 Å². The van der Waals surface area contributed by atoms with Crippen LogP contribution >= 0.6 is 0 Å². The maximum atomic E-state index is 11.9. The Morgan fingerprint density at radius 1 is 1.41 bits per heavy atom. The van der Waals surface area contributed by atoms with E-state index in [-0.39, 0.29) is 12.5 Å². The molecule has 2 aliphatic heterocycles. The molecule has 2 unspecified atom stereocenters. The predicted octanol–water partition coefficient (Wildman–Crippen LogP) is 2.20. The van der Waals surface area contributed by atoms with Crippen molar-refractivity contribution in [2.45, 2.75) is 39.0 Å². The molecule has 0 radical (unpaired) electrons. The first-order valence-corrected chi connectivity index (χ1v) is 10.2. The SMILES string of the molecule is CCNC(=NCC(C)CO)N1CC(CCN2CCCC2=O)c2ccccc21. The maximum absolute atomic E-state index is 11.9. The van der Waals surface area contributed by atoms with E-state index in [9.17, 15) is 9.90 Å². The summed E-state index contributed by atoms with van der Waals surface area (Å²) in [5, 5.41) is 12.7. The van der Waals surface area contributed by atoms with Crippen LogP contribution in [0.3, 0.4) is 0 Å². The number of aliphatic hydroxyl groups excluding tert-OH is 1. The van der Waals surface area contributed by atoms with E-state index in [2.05, 4.69) is 41.4 Å². The average molecular weight is 373 g/mol. The quantitative estimate of drug-likeness (QED) is 0.569. The van der Waals surface area contributed by atoms with Gasteiger partial charge in [0.05, 0.1) is 0 Å². The van der Waals surface area contributed by atoms with Gasteiger partial charge in [-0.1, -0.05) is 25.1 Å². The summed E-state index contributed by atoms with van der Waals surface area (Å²) in [7, 11) is 0. The number of para-hydroxylation sites is 1. The molecule has 6 heteroatoms. The van der Waals surface area contributed by atoms with E-state index < -0.39 is 0 Å². The molecular weight excluding hydrogens is 340 g/mol. The Morgan fingerprint density at radius 3 is 2.93 bits per heavy atom.